The van der Waals surface area contributed by atoms with Gasteiger partial charge in [0.25, 0.3) is 0 Å². The first-order valence-electron chi connectivity index (χ1n) is 7.19. The lowest BCUT2D eigenvalue weighted by molar-refractivity contribution is -0.227. The summed E-state index contributed by atoms with van der Waals surface area (Å²) in [5, 5.41) is 49.2. The van der Waals surface area contributed by atoms with Gasteiger partial charge in [-0.05, 0) is 12.8 Å². The Hall–Kier alpha value is -0.770. The van der Waals surface area contributed by atoms with Gasteiger partial charge >= 0.3 is 0 Å². The summed E-state index contributed by atoms with van der Waals surface area (Å²) in [6.45, 7) is -0.399. The van der Waals surface area contributed by atoms with Crippen LogP contribution in [0.25, 0.3) is 0 Å². The Labute approximate surface area is 123 Å². The predicted octanol–water partition coefficient (Wildman–Crippen LogP) is -2.50. The molecule has 1 saturated heterocycles. The van der Waals surface area contributed by atoms with E-state index in [1.807, 2.05) is 0 Å². The minimum Gasteiger partial charge on any atom is -0.396 e. The van der Waals surface area contributed by atoms with Crippen LogP contribution in [0.1, 0.15) is 25.7 Å². The van der Waals surface area contributed by atoms with Gasteiger partial charge in [-0.2, -0.15) is 0 Å². The van der Waals surface area contributed by atoms with E-state index in [1.165, 1.54) is 0 Å². The molecule has 0 aliphatic carbocycles. The molecule has 1 aliphatic rings. The molecule has 0 radical (unpaired) electrons. The first-order chi connectivity index (χ1) is 10.0. The van der Waals surface area contributed by atoms with Crippen LogP contribution >= 0.6 is 0 Å². The number of aliphatic hydroxyl groups is 5. The van der Waals surface area contributed by atoms with Crippen LogP contribution in [0.2, 0.25) is 0 Å². The van der Waals surface area contributed by atoms with E-state index in [4.69, 9.17) is 14.9 Å². The van der Waals surface area contributed by atoms with Crippen LogP contribution in [0.3, 0.4) is 0 Å². The molecule has 5 atom stereocenters. The summed E-state index contributed by atoms with van der Waals surface area (Å²) in [4.78, 5) is 11.6. The minimum absolute atomic E-state index is 0.0136. The molecule has 0 saturated carbocycles. The van der Waals surface area contributed by atoms with E-state index in [0.717, 1.165) is 6.42 Å². The number of amides is 1. The number of rotatable bonds is 8. The lowest BCUT2D eigenvalue weighted by atomic mass is 9.95. The third kappa shape index (κ3) is 5.50. The lowest BCUT2D eigenvalue weighted by Gasteiger charge is -2.40. The number of carbonyl (C=O) groups excluding carboxylic acids is 1. The van der Waals surface area contributed by atoms with E-state index < -0.39 is 37.1 Å². The molecule has 0 aromatic rings. The van der Waals surface area contributed by atoms with Crippen LogP contribution in [-0.2, 0) is 9.53 Å². The molecule has 0 aromatic heterocycles. The zero-order valence-corrected chi connectivity index (χ0v) is 11.9. The van der Waals surface area contributed by atoms with Crippen LogP contribution < -0.4 is 5.32 Å². The van der Waals surface area contributed by atoms with Crippen molar-refractivity contribution >= 4 is 5.91 Å². The van der Waals surface area contributed by atoms with Gasteiger partial charge < -0.3 is 35.6 Å². The molecular formula is C13H25NO7. The highest BCUT2D eigenvalue weighted by atomic mass is 16.5. The topological polar surface area (TPSA) is 139 Å². The number of aliphatic hydroxyl groups excluding tert-OH is 5. The molecule has 6 N–H and O–H groups in total. The molecule has 1 fully saturated rings. The van der Waals surface area contributed by atoms with Crippen LogP contribution in [-0.4, -0.2) is 81.7 Å². The van der Waals surface area contributed by atoms with Gasteiger partial charge in [0.1, 0.15) is 30.5 Å². The standard InChI is InChI=1S/C13H25NO7/c15-5-3-1-2-4-10(17)14-6-8-11(18)13(20)12(19)9(7-16)21-8/h8-9,11-13,15-16,18-20H,1-7H2,(H,14,17)/t8-,9-,11+,12-,13-/m1/s1. The first-order valence-corrected chi connectivity index (χ1v) is 7.19. The van der Waals surface area contributed by atoms with E-state index >= 15 is 0 Å². The van der Waals surface area contributed by atoms with Crippen molar-refractivity contribution in [1.82, 2.24) is 5.32 Å². The van der Waals surface area contributed by atoms with E-state index in [0.29, 0.717) is 19.3 Å². The molecule has 1 amide bonds. The van der Waals surface area contributed by atoms with Crippen molar-refractivity contribution in [2.75, 3.05) is 19.8 Å². The SMILES string of the molecule is O=C(CCCCCO)NC[C@H]1O[C@H](CO)[C@@H](O)[C@H](O)[C@H]1O. The number of ether oxygens (including phenoxy) is 1. The molecule has 21 heavy (non-hydrogen) atoms. The maximum atomic E-state index is 11.6. The molecule has 0 aromatic carbocycles. The highest BCUT2D eigenvalue weighted by Crippen LogP contribution is 2.20. The van der Waals surface area contributed by atoms with Crippen molar-refractivity contribution in [3.8, 4) is 0 Å². The van der Waals surface area contributed by atoms with Gasteiger partial charge in [-0.25, -0.2) is 0 Å². The monoisotopic (exact) mass is 307 g/mol. The van der Waals surface area contributed by atoms with Crippen LogP contribution in [0, 0.1) is 0 Å². The number of unbranched alkanes of at least 4 members (excludes halogenated alkanes) is 2. The molecule has 1 rings (SSSR count). The first kappa shape index (κ1) is 18.3. The molecule has 124 valence electrons. The Morgan fingerprint density at radius 2 is 1.62 bits per heavy atom. The second kappa shape index (κ2) is 9.29. The van der Waals surface area contributed by atoms with Crippen molar-refractivity contribution in [2.24, 2.45) is 0 Å². The van der Waals surface area contributed by atoms with Crippen LogP contribution in [0.15, 0.2) is 0 Å². The van der Waals surface area contributed by atoms with Crippen molar-refractivity contribution in [3.05, 3.63) is 0 Å². The Morgan fingerprint density at radius 3 is 2.24 bits per heavy atom. The predicted molar refractivity (Wildman–Crippen MR) is 72.3 cm³/mol. The fourth-order valence-corrected chi connectivity index (χ4v) is 2.22. The summed E-state index contributed by atoms with van der Waals surface area (Å²) in [5.74, 6) is -0.218. The molecule has 1 aliphatic heterocycles. The molecule has 8 nitrogen and oxygen atoms in total. The van der Waals surface area contributed by atoms with Crippen molar-refractivity contribution in [3.63, 3.8) is 0 Å². The summed E-state index contributed by atoms with van der Waals surface area (Å²) < 4.78 is 5.27. The zero-order chi connectivity index (χ0) is 15.8. The van der Waals surface area contributed by atoms with Gasteiger partial charge in [0, 0.05) is 19.6 Å². The fraction of sp³-hybridized carbons (Fsp3) is 0.923. The Bertz CT molecular complexity index is 313. The highest BCUT2D eigenvalue weighted by Gasteiger charge is 2.43. The molecule has 0 bridgehead atoms. The van der Waals surface area contributed by atoms with E-state index in [1.54, 1.807) is 0 Å². The summed E-state index contributed by atoms with van der Waals surface area (Å²) in [6.07, 6.45) is -3.64. The number of carbonyl (C=O) groups is 1. The van der Waals surface area contributed by atoms with Crippen LogP contribution in [0.5, 0.6) is 0 Å². The molecule has 0 unspecified atom stereocenters. The highest BCUT2D eigenvalue weighted by molar-refractivity contribution is 5.75. The van der Waals surface area contributed by atoms with Gasteiger partial charge in [-0.3, -0.25) is 4.79 Å². The molecule has 0 spiro atoms. The third-order valence-electron chi connectivity index (χ3n) is 3.55. The Kier molecular flexibility index (Phi) is 8.09. The summed E-state index contributed by atoms with van der Waals surface area (Å²) in [6, 6.07) is 0. The smallest absolute Gasteiger partial charge is 0.220 e. The van der Waals surface area contributed by atoms with Crippen molar-refractivity contribution in [1.29, 1.82) is 0 Å². The molecule has 8 heteroatoms. The quantitative estimate of drug-likeness (QED) is 0.272. The van der Waals surface area contributed by atoms with Gasteiger partial charge in [-0.15, -0.1) is 0 Å². The van der Waals surface area contributed by atoms with E-state index in [-0.39, 0.29) is 19.1 Å². The molecule has 1 heterocycles. The molecular weight excluding hydrogens is 282 g/mol. The summed E-state index contributed by atoms with van der Waals surface area (Å²) in [5.41, 5.74) is 0. The third-order valence-corrected chi connectivity index (χ3v) is 3.55. The average Bonchev–Trinajstić information content (AvgIpc) is 2.48. The Balaban J connectivity index is 2.34. The minimum atomic E-state index is -1.43. The van der Waals surface area contributed by atoms with E-state index in [2.05, 4.69) is 5.32 Å². The van der Waals surface area contributed by atoms with Gasteiger partial charge in [0.05, 0.1) is 6.61 Å². The second-order valence-corrected chi connectivity index (χ2v) is 5.21. The van der Waals surface area contributed by atoms with Crippen LogP contribution in [0.4, 0.5) is 0 Å². The van der Waals surface area contributed by atoms with Gasteiger partial charge in [0.15, 0.2) is 0 Å². The maximum absolute atomic E-state index is 11.6. The normalized spacial score (nSPS) is 32.9. The van der Waals surface area contributed by atoms with Gasteiger partial charge in [0.2, 0.25) is 5.91 Å². The number of nitrogens with one attached hydrogen (secondary N) is 1. The van der Waals surface area contributed by atoms with Gasteiger partial charge in [-0.1, -0.05) is 6.42 Å². The van der Waals surface area contributed by atoms with E-state index in [9.17, 15) is 20.1 Å². The maximum Gasteiger partial charge on any atom is 0.220 e. The lowest BCUT2D eigenvalue weighted by Crippen LogP contribution is -2.60. The second-order valence-electron chi connectivity index (χ2n) is 5.21. The summed E-state index contributed by atoms with van der Waals surface area (Å²) in [7, 11) is 0. The van der Waals surface area contributed by atoms with Crippen molar-refractivity contribution < 1.29 is 35.1 Å². The number of hydrogen-bond acceptors (Lipinski definition) is 7. The average molecular weight is 307 g/mol. The largest absolute Gasteiger partial charge is 0.396 e. The zero-order valence-electron chi connectivity index (χ0n) is 11.9. The fourth-order valence-electron chi connectivity index (χ4n) is 2.22. The summed E-state index contributed by atoms with van der Waals surface area (Å²) >= 11 is 0. The number of hydrogen-bond donors (Lipinski definition) is 6. The Morgan fingerprint density at radius 1 is 0.952 bits per heavy atom. The van der Waals surface area contributed by atoms with Crippen molar-refractivity contribution in [2.45, 2.75) is 56.2 Å².